The lowest BCUT2D eigenvalue weighted by Crippen LogP contribution is -2.52. The summed E-state index contributed by atoms with van der Waals surface area (Å²) in [5.41, 5.74) is -0.169. The zero-order valence-corrected chi connectivity index (χ0v) is 16.9. The molecule has 5 heteroatoms. The molecule has 26 heavy (non-hydrogen) atoms. The van der Waals surface area contributed by atoms with Gasteiger partial charge in [0, 0.05) is 30.1 Å². The van der Waals surface area contributed by atoms with Crippen LogP contribution < -0.4 is 10.6 Å². The summed E-state index contributed by atoms with van der Waals surface area (Å²) in [6.07, 6.45) is 10.5. The van der Waals surface area contributed by atoms with E-state index in [9.17, 15) is 9.59 Å². The van der Waals surface area contributed by atoms with E-state index in [-0.39, 0.29) is 23.3 Å². The van der Waals surface area contributed by atoms with Gasteiger partial charge in [0.15, 0.2) is 0 Å². The van der Waals surface area contributed by atoms with Gasteiger partial charge in [0.05, 0.1) is 6.54 Å². The molecule has 3 rings (SSSR count). The normalized spacial score (nSPS) is 30.2. The van der Waals surface area contributed by atoms with Crippen LogP contribution >= 0.6 is 0 Å². The zero-order chi connectivity index (χ0) is 18.7. The van der Waals surface area contributed by atoms with Crippen molar-refractivity contribution >= 4 is 11.8 Å². The van der Waals surface area contributed by atoms with Crippen molar-refractivity contribution in [2.45, 2.75) is 96.2 Å². The number of carbonyl (C=O) groups excluding carboxylic acids is 2. The van der Waals surface area contributed by atoms with Crippen LogP contribution in [-0.4, -0.2) is 47.4 Å². The molecule has 2 heterocycles. The molecule has 0 unspecified atom stereocenters. The van der Waals surface area contributed by atoms with Crippen LogP contribution in [0.4, 0.5) is 0 Å². The maximum atomic E-state index is 12.4. The fourth-order valence-electron chi connectivity index (χ4n) is 5.19. The van der Waals surface area contributed by atoms with E-state index in [1.807, 2.05) is 20.8 Å². The van der Waals surface area contributed by atoms with Gasteiger partial charge in [-0.2, -0.15) is 0 Å². The number of nitrogens with one attached hydrogen (secondary N) is 2. The summed E-state index contributed by atoms with van der Waals surface area (Å²) in [5.74, 6) is 1.24. The highest BCUT2D eigenvalue weighted by atomic mass is 16.2. The van der Waals surface area contributed by atoms with Crippen LogP contribution in [0, 0.1) is 11.8 Å². The van der Waals surface area contributed by atoms with Crippen LogP contribution in [0.15, 0.2) is 0 Å². The quantitative estimate of drug-likeness (QED) is 0.789. The van der Waals surface area contributed by atoms with Crippen LogP contribution in [0.1, 0.15) is 78.6 Å². The Morgan fingerprint density at radius 2 is 1.58 bits per heavy atom. The Bertz CT molecular complexity index is 494. The second-order valence-corrected chi connectivity index (χ2v) is 9.77. The minimum Gasteiger partial charge on any atom is -0.356 e. The number of rotatable bonds is 5. The van der Waals surface area contributed by atoms with Gasteiger partial charge in [0.2, 0.25) is 11.8 Å². The highest BCUT2D eigenvalue weighted by Crippen LogP contribution is 2.38. The second kappa shape index (κ2) is 8.28. The van der Waals surface area contributed by atoms with Crippen molar-refractivity contribution in [2.24, 2.45) is 11.8 Å². The number of nitrogens with zero attached hydrogens (tertiary/aromatic N) is 1. The molecule has 3 fully saturated rings. The fraction of sp³-hybridized carbons (Fsp3) is 0.905. The first-order chi connectivity index (χ1) is 12.3. The molecule has 2 amide bonds. The Kier molecular flexibility index (Phi) is 6.26. The molecule has 0 aromatic rings. The molecule has 0 radical (unpaired) electrons. The Labute approximate surface area is 158 Å². The van der Waals surface area contributed by atoms with Gasteiger partial charge in [0.25, 0.3) is 0 Å². The fourth-order valence-corrected chi connectivity index (χ4v) is 5.19. The zero-order valence-electron chi connectivity index (χ0n) is 16.9. The van der Waals surface area contributed by atoms with E-state index in [1.165, 1.54) is 32.1 Å². The smallest absolute Gasteiger partial charge is 0.234 e. The Morgan fingerprint density at radius 1 is 0.962 bits per heavy atom. The average Bonchev–Trinajstić information content (AvgIpc) is 2.81. The second-order valence-electron chi connectivity index (χ2n) is 9.77. The van der Waals surface area contributed by atoms with Crippen LogP contribution in [0.25, 0.3) is 0 Å². The van der Waals surface area contributed by atoms with Crippen molar-refractivity contribution in [2.75, 3.05) is 13.1 Å². The van der Waals surface area contributed by atoms with Crippen molar-refractivity contribution in [3.8, 4) is 0 Å². The van der Waals surface area contributed by atoms with Gasteiger partial charge in [-0.15, -0.1) is 0 Å². The summed E-state index contributed by atoms with van der Waals surface area (Å²) in [6.45, 7) is 7.43. The molecule has 0 aromatic heterocycles. The third-order valence-corrected chi connectivity index (χ3v) is 6.36. The summed E-state index contributed by atoms with van der Waals surface area (Å²) < 4.78 is 0. The Balaban J connectivity index is 1.44. The standard InChI is InChI=1S/C21H37N3O2/c1-21(2,3)23-19(25)14-24-17-9-10-18(24)12-15(11-17)13-22-20(26)16-7-5-4-6-8-16/h15-18H,4-14H2,1-3H3,(H,22,26)(H,23,25)/t15-,17-,18+. The molecule has 2 N–H and O–H groups in total. The molecular formula is C21H37N3O2. The lowest BCUT2D eigenvalue weighted by molar-refractivity contribution is -0.126. The molecule has 5 nitrogen and oxygen atoms in total. The summed E-state index contributed by atoms with van der Waals surface area (Å²) in [6, 6.07) is 1.02. The first-order valence-electron chi connectivity index (χ1n) is 10.7. The maximum absolute atomic E-state index is 12.4. The molecule has 2 aliphatic heterocycles. The minimum absolute atomic E-state index is 0.137. The number of hydrogen-bond acceptors (Lipinski definition) is 3. The van der Waals surface area contributed by atoms with Gasteiger partial charge < -0.3 is 10.6 Å². The van der Waals surface area contributed by atoms with Gasteiger partial charge >= 0.3 is 0 Å². The number of piperidine rings is 1. The first-order valence-corrected chi connectivity index (χ1v) is 10.7. The van der Waals surface area contributed by atoms with Crippen molar-refractivity contribution in [3.63, 3.8) is 0 Å². The average molecular weight is 364 g/mol. The van der Waals surface area contributed by atoms with Crippen LogP contribution in [0.2, 0.25) is 0 Å². The lowest BCUT2D eigenvalue weighted by Gasteiger charge is -2.39. The molecule has 3 atom stereocenters. The molecule has 2 bridgehead atoms. The van der Waals surface area contributed by atoms with Gasteiger partial charge in [-0.25, -0.2) is 0 Å². The Morgan fingerprint density at radius 3 is 2.15 bits per heavy atom. The van der Waals surface area contributed by atoms with E-state index < -0.39 is 0 Å². The van der Waals surface area contributed by atoms with Crippen molar-refractivity contribution in [3.05, 3.63) is 0 Å². The van der Waals surface area contributed by atoms with Gasteiger partial charge in [0.1, 0.15) is 0 Å². The maximum Gasteiger partial charge on any atom is 0.234 e. The number of amides is 2. The highest BCUT2D eigenvalue weighted by Gasteiger charge is 2.41. The number of fused-ring (bicyclic) bond motifs is 2. The van der Waals surface area contributed by atoms with E-state index in [2.05, 4.69) is 15.5 Å². The number of carbonyl (C=O) groups is 2. The summed E-state index contributed by atoms with van der Waals surface area (Å²) >= 11 is 0. The predicted molar refractivity (Wildman–Crippen MR) is 104 cm³/mol. The molecule has 2 saturated heterocycles. The molecule has 148 valence electrons. The van der Waals surface area contributed by atoms with Crippen LogP contribution in [0.5, 0.6) is 0 Å². The van der Waals surface area contributed by atoms with Gasteiger partial charge in [-0.3, -0.25) is 14.5 Å². The monoisotopic (exact) mass is 363 g/mol. The molecule has 0 aromatic carbocycles. The van der Waals surface area contributed by atoms with E-state index in [4.69, 9.17) is 0 Å². The first kappa shape index (κ1) is 19.7. The Hall–Kier alpha value is -1.10. The molecule has 1 saturated carbocycles. The predicted octanol–water partition coefficient (Wildman–Crippen LogP) is 2.84. The van der Waals surface area contributed by atoms with Gasteiger partial charge in [-0.05, 0) is 65.2 Å². The van der Waals surface area contributed by atoms with Crippen molar-refractivity contribution < 1.29 is 9.59 Å². The summed E-state index contributed by atoms with van der Waals surface area (Å²) in [4.78, 5) is 27.1. The third kappa shape index (κ3) is 5.21. The molecule has 1 aliphatic carbocycles. The van der Waals surface area contributed by atoms with Crippen molar-refractivity contribution in [1.82, 2.24) is 15.5 Å². The molecule has 0 spiro atoms. The van der Waals surface area contributed by atoms with Crippen molar-refractivity contribution in [1.29, 1.82) is 0 Å². The molecule has 3 aliphatic rings. The van der Waals surface area contributed by atoms with E-state index >= 15 is 0 Å². The molecular weight excluding hydrogens is 326 g/mol. The minimum atomic E-state index is -0.169. The van der Waals surface area contributed by atoms with E-state index in [0.29, 0.717) is 24.5 Å². The SMILES string of the molecule is CC(C)(C)NC(=O)CN1[C@@H]2CC[C@H]1C[C@H](CNC(=O)C1CCCCC1)C2. The topological polar surface area (TPSA) is 61.4 Å². The highest BCUT2D eigenvalue weighted by molar-refractivity contribution is 5.79. The third-order valence-electron chi connectivity index (χ3n) is 6.36. The van der Waals surface area contributed by atoms with Gasteiger partial charge in [-0.1, -0.05) is 19.3 Å². The largest absolute Gasteiger partial charge is 0.356 e. The lowest BCUT2D eigenvalue weighted by atomic mass is 9.87. The van der Waals surface area contributed by atoms with E-state index in [0.717, 1.165) is 32.2 Å². The van der Waals surface area contributed by atoms with Crippen LogP contribution in [0.3, 0.4) is 0 Å². The van der Waals surface area contributed by atoms with Crippen LogP contribution in [-0.2, 0) is 9.59 Å². The summed E-state index contributed by atoms with van der Waals surface area (Å²) in [7, 11) is 0. The van der Waals surface area contributed by atoms with E-state index in [1.54, 1.807) is 0 Å². The number of hydrogen-bond donors (Lipinski definition) is 2. The summed E-state index contributed by atoms with van der Waals surface area (Å²) in [5, 5.41) is 6.33.